The molecule has 1 aliphatic rings. The van der Waals surface area contributed by atoms with Crippen LogP contribution in [0.3, 0.4) is 0 Å². The standard InChI is InChI=1S/C37H50N4O5/c1-41(2)36(44)32(16-8-9-19-38)40-35(43)31(21-26-11-4-3-5-12-26)24-33(42)34(46-37(45)30-15-10-20-39-25-30)23-27-17-18-28-13-6-7-14-29(28)22-27/h3-7,11-14,17-18,22,30-34,39,42H,8-10,15-16,19-21,23-25,38H2,1-2H3,(H,40,43)/t30?,31-,32-,33+,34+/m0/s1. The minimum atomic E-state index is -1.12. The number of likely N-dealkylation sites (N-methyl/N-ethyl adjacent to an activating group) is 1. The average Bonchev–Trinajstić information content (AvgIpc) is 3.07. The predicted octanol–water partition coefficient (Wildman–Crippen LogP) is 3.61. The number of carbonyl (C=O) groups excluding carboxylic acids is 3. The van der Waals surface area contributed by atoms with Crippen molar-refractivity contribution in [2.45, 2.75) is 69.6 Å². The number of aliphatic hydroxyl groups is 1. The molecule has 3 aromatic rings. The van der Waals surface area contributed by atoms with E-state index in [2.05, 4.69) is 16.7 Å². The Labute approximate surface area is 272 Å². The number of benzene rings is 3. The van der Waals surface area contributed by atoms with Crippen LogP contribution in [0.4, 0.5) is 0 Å². The average molecular weight is 631 g/mol. The van der Waals surface area contributed by atoms with E-state index in [0.717, 1.165) is 47.7 Å². The lowest BCUT2D eigenvalue weighted by Crippen LogP contribution is -2.49. The first kappa shape index (κ1) is 35.1. The van der Waals surface area contributed by atoms with Crippen molar-refractivity contribution in [3.63, 3.8) is 0 Å². The Bertz CT molecular complexity index is 1410. The fourth-order valence-electron chi connectivity index (χ4n) is 6.13. The molecular formula is C37H50N4O5. The summed E-state index contributed by atoms with van der Waals surface area (Å²) >= 11 is 0. The summed E-state index contributed by atoms with van der Waals surface area (Å²) in [6, 6.07) is 23.0. The molecule has 3 aromatic carbocycles. The van der Waals surface area contributed by atoms with E-state index in [0.29, 0.717) is 38.8 Å². The maximum atomic E-state index is 13.9. The Kier molecular flexibility index (Phi) is 13.6. The minimum absolute atomic E-state index is 0.0564. The number of piperidine rings is 1. The molecule has 9 nitrogen and oxygen atoms in total. The number of fused-ring (bicyclic) bond motifs is 1. The van der Waals surface area contributed by atoms with E-state index in [-0.39, 0.29) is 30.1 Å². The molecule has 9 heteroatoms. The smallest absolute Gasteiger partial charge is 0.310 e. The quantitative estimate of drug-likeness (QED) is 0.140. The van der Waals surface area contributed by atoms with Crippen LogP contribution in [0.5, 0.6) is 0 Å². The Morgan fingerprint density at radius 2 is 1.72 bits per heavy atom. The molecule has 1 unspecified atom stereocenters. The lowest BCUT2D eigenvalue weighted by Gasteiger charge is -2.30. The highest BCUT2D eigenvalue weighted by Crippen LogP contribution is 2.24. The van der Waals surface area contributed by atoms with Gasteiger partial charge in [0, 0.05) is 33.0 Å². The van der Waals surface area contributed by atoms with Crippen LogP contribution in [0.1, 0.15) is 49.7 Å². The highest BCUT2D eigenvalue weighted by Gasteiger charge is 2.34. The van der Waals surface area contributed by atoms with Crippen molar-refractivity contribution in [1.29, 1.82) is 0 Å². The molecule has 0 saturated carbocycles. The van der Waals surface area contributed by atoms with Gasteiger partial charge in [0.05, 0.1) is 12.0 Å². The normalized spacial score (nSPS) is 17.4. The fraction of sp³-hybridized carbons (Fsp3) is 0.486. The zero-order valence-corrected chi connectivity index (χ0v) is 27.2. The number of aliphatic hydroxyl groups excluding tert-OH is 1. The van der Waals surface area contributed by atoms with Gasteiger partial charge in [-0.2, -0.15) is 0 Å². The molecule has 0 aliphatic carbocycles. The van der Waals surface area contributed by atoms with Crippen LogP contribution in [-0.4, -0.2) is 79.8 Å². The predicted molar refractivity (Wildman–Crippen MR) is 181 cm³/mol. The Balaban J connectivity index is 1.57. The second-order valence-electron chi connectivity index (χ2n) is 12.7. The number of unbranched alkanes of at least 4 members (excludes halogenated alkanes) is 1. The lowest BCUT2D eigenvalue weighted by atomic mass is 9.89. The number of ether oxygens (including phenoxy) is 1. The first-order valence-electron chi connectivity index (χ1n) is 16.6. The molecule has 2 amide bonds. The van der Waals surface area contributed by atoms with Gasteiger partial charge in [-0.1, -0.05) is 72.8 Å². The monoisotopic (exact) mass is 630 g/mol. The van der Waals surface area contributed by atoms with Crippen molar-refractivity contribution >= 4 is 28.6 Å². The molecule has 1 fully saturated rings. The zero-order chi connectivity index (χ0) is 32.9. The van der Waals surface area contributed by atoms with E-state index in [1.807, 2.05) is 66.7 Å². The Morgan fingerprint density at radius 1 is 0.978 bits per heavy atom. The van der Waals surface area contributed by atoms with Gasteiger partial charge >= 0.3 is 5.97 Å². The summed E-state index contributed by atoms with van der Waals surface area (Å²) in [6.07, 6.45) is 2.28. The van der Waals surface area contributed by atoms with E-state index < -0.39 is 24.2 Å². The van der Waals surface area contributed by atoms with Crippen LogP contribution in [0, 0.1) is 11.8 Å². The van der Waals surface area contributed by atoms with E-state index in [1.54, 1.807) is 14.1 Å². The van der Waals surface area contributed by atoms with Crippen LogP contribution in [0.2, 0.25) is 0 Å². The SMILES string of the molecule is CN(C)C(=O)[C@H](CCCCN)NC(=O)[C@@H](Cc1ccccc1)C[C@@H](O)[C@@H](Cc1ccc2ccccc2c1)OC(=O)C1CCCNC1. The summed E-state index contributed by atoms with van der Waals surface area (Å²) in [4.78, 5) is 41.7. The largest absolute Gasteiger partial charge is 0.459 e. The number of esters is 1. The lowest BCUT2D eigenvalue weighted by molar-refractivity contribution is -0.161. The molecule has 1 aliphatic heterocycles. The molecule has 0 bridgehead atoms. The summed E-state index contributed by atoms with van der Waals surface area (Å²) in [7, 11) is 3.34. The molecule has 5 N–H and O–H groups in total. The molecule has 1 saturated heterocycles. The number of hydrogen-bond donors (Lipinski definition) is 4. The van der Waals surface area contributed by atoms with Gasteiger partial charge in [0.2, 0.25) is 11.8 Å². The summed E-state index contributed by atoms with van der Waals surface area (Å²) in [5.41, 5.74) is 7.55. The van der Waals surface area contributed by atoms with Gasteiger partial charge in [-0.25, -0.2) is 0 Å². The summed E-state index contributed by atoms with van der Waals surface area (Å²) < 4.78 is 6.08. The topological polar surface area (TPSA) is 134 Å². The molecule has 0 aromatic heterocycles. The molecule has 5 atom stereocenters. The van der Waals surface area contributed by atoms with Crippen molar-refractivity contribution in [2.24, 2.45) is 17.6 Å². The van der Waals surface area contributed by atoms with Gasteiger partial charge < -0.3 is 31.1 Å². The summed E-state index contributed by atoms with van der Waals surface area (Å²) in [5.74, 6) is -1.79. The van der Waals surface area contributed by atoms with Gasteiger partial charge in [0.15, 0.2) is 0 Å². The molecular weight excluding hydrogens is 580 g/mol. The van der Waals surface area contributed by atoms with Crippen LogP contribution < -0.4 is 16.4 Å². The minimum Gasteiger partial charge on any atom is -0.459 e. The highest BCUT2D eigenvalue weighted by atomic mass is 16.6. The van der Waals surface area contributed by atoms with Crippen LogP contribution in [0.15, 0.2) is 72.8 Å². The Hall–Kier alpha value is -3.79. The van der Waals surface area contributed by atoms with Gasteiger partial charge in [0.25, 0.3) is 0 Å². The molecule has 46 heavy (non-hydrogen) atoms. The van der Waals surface area contributed by atoms with Crippen molar-refractivity contribution in [2.75, 3.05) is 33.7 Å². The first-order chi connectivity index (χ1) is 22.2. The molecule has 0 radical (unpaired) electrons. The van der Waals surface area contributed by atoms with Gasteiger partial charge in [-0.3, -0.25) is 14.4 Å². The second kappa shape index (κ2) is 17.8. The molecule has 248 valence electrons. The molecule has 1 heterocycles. The molecule has 0 spiro atoms. The third kappa shape index (κ3) is 10.4. The van der Waals surface area contributed by atoms with Crippen LogP contribution in [-0.2, 0) is 32.0 Å². The van der Waals surface area contributed by atoms with Gasteiger partial charge in [-0.05, 0) is 79.9 Å². The van der Waals surface area contributed by atoms with E-state index >= 15 is 0 Å². The van der Waals surface area contributed by atoms with Crippen LogP contribution >= 0.6 is 0 Å². The number of nitrogens with zero attached hydrogens (tertiary/aromatic N) is 1. The van der Waals surface area contributed by atoms with Crippen molar-refractivity contribution in [3.05, 3.63) is 83.9 Å². The van der Waals surface area contributed by atoms with E-state index in [1.165, 1.54) is 4.90 Å². The van der Waals surface area contributed by atoms with Crippen molar-refractivity contribution in [1.82, 2.24) is 15.5 Å². The third-order valence-corrected chi connectivity index (χ3v) is 8.80. The summed E-state index contributed by atoms with van der Waals surface area (Å²) in [5, 5.41) is 20.2. The number of rotatable bonds is 16. The third-order valence-electron chi connectivity index (χ3n) is 8.80. The number of amides is 2. The number of nitrogens with one attached hydrogen (secondary N) is 2. The van der Waals surface area contributed by atoms with Crippen LogP contribution in [0.25, 0.3) is 10.8 Å². The van der Waals surface area contributed by atoms with E-state index in [4.69, 9.17) is 10.5 Å². The van der Waals surface area contributed by atoms with Crippen molar-refractivity contribution in [3.8, 4) is 0 Å². The summed E-state index contributed by atoms with van der Waals surface area (Å²) in [6.45, 7) is 1.92. The van der Waals surface area contributed by atoms with Gasteiger partial charge in [0.1, 0.15) is 12.1 Å². The van der Waals surface area contributed by atoms with Gasteiger partial charge in [-0.15, -0.1) is 0 Å². The number of hydrogen-bond acceptors (Lipinski definition) is 7. The maximum Gasteiger partial charge on any atom is 0.310 e. The second-order valence-corrected chi connectivity index (χ2v) is 12.7. The highest BCUT2D eigenvalue weighted by molar-refractivity contribution is 5.88. The number of nitrogens with two attached hydrogens (primary N) is 1. The zero-order valence-electron chi connectivity index (χ0n) is 27.2. The number of carbonyl (C=O) groups is 3. The maximum absolute atomic E-state index is 13.9. The van der Waals surface area contributed by atoms with E-state index in [9.17, 15) is 19.5 Å². The Morgan fingerprint density at radius 3 is 2.41 bits per heavy atom. The first-order valence-corrected chi connectivity index (χ1v) is 16.6. The molecule has 4 rings (SSSR count). The van der Waals surface area contributed by atoms with Crippen molar-refractivity contribution < 1.29 is 24.2 Å². The fourth-order valence-corrected chi connectivity index (χ4v) is 6.13.